The number of nitrogens with two attached hydrogens (primary N) is 1. The molecule has 74 valence electrons. The van der Waals surface area contributed by atoms with E-state index in [9.17, 15) is 4.79 Å². The van der Waals surface area contributed by atoms with E-state index in [1.54, 1.807) is 12.1 Å². The van der Waals surface area contributed by atoms with E-state index in [4.69, 9.17) is 10.5 Å². The first-order chi connectivity index (χ1) is 6.66. The van der Waals surface area contributed by atoms with E-state index in [-0.39, 0.29) is 6.61 Å². The Morgan fingerprint density at radius 2 is 2.36 bits per heavy atom. The summed E-state index contributed by atoms with van der Waals surface area (Å²) in [6, 6.07) is 5.27. The molecule has 1 aromatic rings. The normalized spacial score (nSPS) is 9.50. The Balaban J connectivity index is 2.89. The van der Waals surface area contributed by atoms with Gasteiger partial charge in [0, 0.05) is 5.69 Å². The molecular formula is C11H13NO2. The molecule has 1 aromatic carbocycles. The van der Waals surface area contributed by atoms with Gasteiger partial charge < -0.3 is 10.5 Å². The molecular weight excluding hydrogens is 178 g/mol. The van der Waals surface area contributed by atoms with Crippen molar-refractivity contribution in [2.24, 2.45) is 0 Å². The molecule has 0 aromatic heterocycles. The van der Waals surface area contributed by atoms with Gasteiger partial charge in [0.25, 0.3) is 0 Å². The van der Waals surface area contributed by atoms with Crippen molar-refractivity contribution in [1.82, 2.24) is 0 Å². The number of para-hydroxylation sites is 1. The highest BCUT2D eigenvalue weighted by atomic mass is 16.5. The number of hydrogen-bond donors (Lipinski definition) is 1. The van der Waals surface area contributed by atoms with Crippen molar-refractivity contribution < 1.29 is 9.53 Å². The number of nitrogen functional groups attached to an aromatic ring is 1. The van der Waals surface area contributed by atoms with Crippen LogP contribution in [0, 0.1) is 6.92 Å². The SMILES string of the molecule is C=CCOC(=O)c1cccc(C)c1N. The number of anilines is 1. The minimum absolute atomic E-state index is 0.201. The molecule has 0 bridgehead atoms. The molecule has 0 amide bonds. The van der Waals surface area contributed by atoms with Crippen molar-refractivity contribution in [3.63, 3.8) is 0 Å². The molecule has 14 heavy (non-hydrogen) atoms. The maximum absolute atomic E-state index is 11.4. The van der Waals surface area contributed by atoms with Crippen LogP contribution in [0.15, 0.2) is 30.9 Å². The second kappa shape index (κ2) is 4.46. The molecule has 2 N–H and O–H groups in total. The Kier molecular flexibility index (Phi) is 3.29. The third kappa shape index (κ3) is 2.13. The van der Waals surface area contributed by atoms with Crippen LogP contribution in [0.1, 0.15) is 15.9 Å². The van der Waals surface area contributed by atoms with Gasteiger partial charge >= 0.3 is 5.97 Å². The first-order valence-electron chi connectivity index (χ1n) is 4.30. The second-order valence-electron chi connectivity index (χ2n) is 2.92. The number of esters is 1. The van der Waals surface area contributed by atoms with Crippen LogP contribution in [0.25, 0.3) is 0 Å². The lowest BCUT2D eigenvalue weighted by Crippen LogP contribution is -2.09. The Bertz CT molecular complexity index is 358. The summed E-state index contributed by atoms with van der Waals surface area (Å²) in [4.78, 5) is 11.4. The van der Waals surface area contributed by atoms with E-state index in [0.717, 1.165) is 5.56 Å². The van der Waals surface area contributed by atoms with Crippen molar-refractivity contribution in [1.29, 1.82) is 0 Å². The molecule has 1 rings (SSSR count). The topological polar surface area (TPSA) is 52.3 Å². The number of hydrogen-bond acceptors (Lipinski definition) is 3. The van der Waals surface area contributed by atoms with Crippen LogP contribution < -0.4 is 5.73 Å². The third-order valence-electron chi connectivity index (χ3n) is 1.88. The van der Waals surface area contributed by atoms with Gasteiger partial charge in [-0.3, -0.25) is 0 Å². The lowest BCUT2D eigenvalue weighted by atomic mass is 10.1. The largest absolute Gasteiger partial charge is 0.458 e. The number of carbonyl (C=O) groups is 1. The monoisotopic (exact) mass is 191 g/mol. The molecule has 0 atom stereocenters. The van der Waals surface area contributed by atoms with Gasteiger partial charge in [-0.25, -0.2) is 4.79 Å². The quantitative estimate of drug-likeness (QED) is 0.451. The summed E-state index contributed by atoms with van der Waals surface area (Å²) in [5, 5.41) is 0. The van der Waals surface area contributed by atoms with E-state index in [2.05, 4.69) is 6.58 Å². The molecule has 3 heteroatoms. The van der Waals surface area contributed by atoms with E-state index < -0.39 is 5.97 Å². The molecule has 0 radical (unpaired) electrons. The molecule has 0 saturated carbocycles. The van der Waals surface area contributed by atoms with Gasteiger partial charge in [-0.1, -0.05) is 24.8 Å². The van der Waals surface area contributed by atoms with Crippen LogP contribution in [0.3, 0.4) is 0 Å². The summed E-state index contributed by atoms with van der Waals surface area (Å²) in [5.41, 5.74) is 7.48. The van der Waals surface area contributed by atoms with E-state index >= 15 is 0 Å². The lowest BCUT2D eigenvalue weighted by molar-refractivity contribution is 0.0551. The highest BCUT2D eigenvalue weighted by Crippen LogP contribution is 2.17. The van der Waals surface area contributed by atoms with Gasteiger partial charge in [0.2, 0.25) is 0 Å². The fourth-order valence-corrected chi connectivity index (χ4v) is 1.07. The van der Waals surface area contributed by atoms with Gasteiger partial charge in [0.1, 0.15) is 6.61 Å². The Hall–Kier alpha value is -1.77. The first kappa shape index (κ1) is 10.3. The van der Waals surface area contributed by atoms with Crippen LogP contribution in [0.5, 0.6) is 0 Å². The zero-order chi connectivity index (χ0) is 10.6. The van der Waals surface area contributed by atoms with Crippen LogP contribution in [0.2, 0.25) is 0 Å². The summed E-state index contributed by atoms with van der Waals surface area (Å²) < 4.78 is 4.88. The Morgan fingerprint density at radius 1 is 1.64 bits per heavy atom. The summed E-state index contributed by atoms with van der Waals surface area (Å²) in [7, 11) is 0. The second-order valence-corrected chi connectivity index (χ2v) is 2.92. The minimum atomic E-state index is -0.411. The molecule has 0 heterocycles. The van der Waals surface area contributed by atoms with Crippen molar-refractivity contribution in [3.05, 3.63) is 42.0 Å². The standard InChI is InChI=1S/C11H13NO2/c1-3-7-14-11(13)9-6-4-5-8(2)10(9)12/h3-6H,1,7,12H2,2H3. The van der Waals surface area contributed by atoms with Crippen molar-refractivity contribution in [2.45, 2.75) is 6.92 Å². The maximum atomic E-state index is 11.4. The maximum Gasteiger partial charge on any atom is 0.340 e. The average molecular weight is 191 g/mol. The molecule has 0 spiro atoms. The van der Waals surface area contributed by atoms with Crippen LogP contribution in [0.4, 0.5) is 5.69 Å². The molecule has 0 aliphatic heterocycles. The summed E-state index contributed by atoms with van der Waals surface area (Å²) >= 11 is 0. The van der Waals surface area contributed by atoms with Gasteiger partial charge in [-0.05, 0) is 18.6 Å². The fraction of sp³-hybridized carbons (Fsp3) is 0.182. The van der Waals surface area contributed by atoms with Gasteiger partial charge in [-0.15, -0.1) is 0 Å². The highest BCUT2D eigenvalue weighted by molar-refractivity contribution is 5.95. The average Bonchev–Trinajstić information content (AvgIpc) is 2.18. The van der Waals surface area contributed by atoms with Crippen molar-refractivity contribution in [3.8, 4) is 0 Å². The molecule has 3 nitrogen and oxygen atoms in total. The number of rotatable bonds is 3. The zero-order valence-electron chi connectivity index (χ0n) is 8.12. The molecule has 0 saturated heterocycles. The molecule has 0 aliphatic carbocycles. The van der Waals surface area contributed by atoms with Crippen LogP contribution >= 0.6 is 0 Å². The number of ether oxygens (including phenoxy) is 1. The lowest BCUT2D eigenvalue weighted by Gasteiger charge is -2.06. The molecule has 0 fully saturated rings. The smallest absolute Gasteiger partial charge is 0.340 e. The summed E-state index contributed by atoms with van der Waals surface area (Å²) in [6.45, 7) is 5.51. The highest BCUT2D eigenvalue weighted by Gasteiger charge is 2.10. The van der Waals surface area contributed by atoms with Gasteiger partial charge in [-0.2, -0.15) is 0 Å². The van der Waals surface area contributed by atoms with Crippen molar-refractivity contribution >= 4 is 11.7 Å². The Labute approximate surface area is 83.2 Å². The predicted octanol–water partition coefficient (Wildman–Crippen LogP) is 1.92. The molecule has 0 unspecified atom stereocenters. The number of benzene rings is 1. The van der Waals surface area contributed by atoms with Gasteiger partial charge in [0.05, 0.1) is 5.56 Å². The summed E-state index contributed by atoms with van der Waals surface area (Å²) in [6.07, 6.45) is 1.52. The molecule has 0 aliphatic rings. The van der Waals surface area contributed by atoms with E-state index in [1.165, 1.54) is 6.08 Å². The van der Waals surface area contributed by atoms with Crippen LogP contribution in [-0.4, -0.2) is 12.6 Å². The number of aryl methyl sites for hydroxylation is 1. The summed E-state index contributed by atoms with van der Waals surface area (Å²) in [5.74, 6) is -0.411. The van der Waals surface area contributed by atoms with E-state index in [1.807, 2.05) is 13.0 Å². The minimum Gasteiger partial charge on any atom is -0.458 e. The fourth-order valence-electron chi connectivity index (χ4n) is 1.07. The van der Waals surface area contributed by atoms with Gasteiger partial charge in [0.15, 0.2) is 0 Å². The number of carbonyl (C=O) groups excluding carboxylic acids is 1. The predicted molar refractivity (Wildman–Crippen MR) is 56.1 cm³/mol. The van der Waals surface area contributed by atoms with E-state index in [0.29, 0.717) is 11.3 Å². The van der Waals surface area contributed by atoms with Crippen LogP contribution in [-0.2, 0) is 4.74 Å². The zero-order valence-corrected chi connectivity index (χ0v) is 8.12. The third-order valence-corrected chi connectivity index (χ3v) is 1.88. The van der Waals surface area contributed by atoms with Crippen molar-refractivity contribution in [2.75, 3.05) is 12.3 Å². The Morgan fingerprint density at radius 3 is 3.00 bits per heavy atom. The first-order valence-corrected chi connectivity index (χ1v) is 4.30.